The van der Waals surface area contributed by atoms with Crippen LogP contribution in [-0.2, 0) is 11.2 Å². The zero-order chi connectivity index (χ0) is 15.5. The van der Waals surface area contributed by atoms with E-state index in [0.717, 1.165) is 16.8 Å². The fourth-order valence-corrected chi connectivity index (χ4v) is 2.24. The van der Waals surface area contributed by atoms with Crippen molar-refractivity contribution in [1.29, 1.82) is 0 Å². The summed E-state index contributed by atoms with van der Waals surface area (Å²) < 4.78 is 13.0. The number of rotatable bonds is 5. The topological polar surface area (TPSA) is 55.1 Å². The van der Waals surface area contributed by atoms with Crippen molar-refractivity contribution in [2.45, 2.75) is 25.8 Å². The molecular weight excluding hydrogens is 267 g/mol. The lowest BCUT2D eigenvalue weighted by molar-refractivity contribution is -0.121. The first-order chi connectivity index (χ1) is 9.89. The summed E-state index contributed by atoms with van der Waals surface area (Å²) in [6.07, 6.45) is 0.385. The molecule has 1 amide bonds. The quantitative estimate of drug-likeness (QED) is 0.887. The van der Waals surface area contributed by atoms with Crippen LogP contribution in [0.4, 0.5) is 10.1 Å². The summed E-state index contributed by atoms with van der Waals surface area (Å²) in [5.41, 5.74) is 7.39. The van der Waals surface area contributed by atoms with Crippen molar-refractivity contribution in [2.24, 2.45) is 5.73 Å². The Bertz CT molecular complexity index is 639. The Kier molecular flexibility index (Phi) is 4.26. The number of hydrogen-bond acceptors (Lipinski definition) is 2. The maximum atomic E-state index is 13.0. The van der Waals surface area contributed by atoms with E-state index in [2.05, 4.69) is 5.32 Å². The van der Waals surface area contributed by atoms with Crippen molar-refractivity contribution >= 4 is 11.6 Å². The van der Waals surface area contributed by atoms with Gasteiger partial charge >= 0.3 is 0 Å². The number of benzene rings is 2. The molecule has 0 aliphatic heterocycles. The van der Waals surface area contributed by atoms with Gasteiger partial charge in [-0.15, -0.1) is 0 Å². The van der Waals surface area contributed by atoms with Crippen LogP contribution in [0.25, 0.3) is 0 Å². The number of hydrogen-bond donors (Lipinski definition) is 2. The lowest BCUT2D eigenvalue weighted by atomic mass is 9.91. The molecule has 0 aromatic heterocycles. The fraction of sp³-hybridized carbons (Fsp3) is 0.235. The molecule has 0 radical (unpaired) electrons. The van der Waals surface area contributed by atoms with Gasteiger partial charge < -0.3 is 11.1 Å². The number of nitrogens with two attached hydrogens (primary N) is 1. The Morgan fingerprint density at radius 2 is 1.90 bits per heavy atom. The van der Waals surface area contributed by atoms with E-state index in [0.29, 0.717) is 6.42 Å². The smallest absolute Gasteiger partial charge is 0.243 e. The second kappa shape index (κ2) is 5.95. The van der Waals surface area contributed by atoms with E-state index in [1.54, 1.807) is 19.1 Å². The first-order valence-electron chi connectivity index (χ1n) is 6.78. The fourth-order valence-electron chi connectivity index (χ4n) is 2.24. The van der Waals surface area contributed by atoms with Crippen LogP contribution in [0, 0.1) is 12.7 Å². The molecule has 0 aliphatic rings. The molecule has 3 N–H and O–H groups in total. The van der Waals surface area contributed by atoms with E-state index >= 15 is 0 Å². The number of anilines is 1. The van der Waals surface area contributed by atoms with Crippen molar-refractivity contribution in [3.05, 3.63) is 65.5 Å². The van der Waals surface area contributed by atoms with E-state index < -0.39 is 11.4 Å². The first-order valence-corrected chi connectivity index (χ1v) is 6.78. The molecule has 0 aliphatic carbocycles. The van der Waals surface area contributed by atoms with Gasteiger partial charge in [0.05, 0.1) is 0 Å². The monoisotopic (exact) mass is 286 g/mol. The van der Waals surface area contributed by atoms with Gasteiger partial charge in [0.1, 0.15) is 11.4 Å². The number of carbonyl (C=O) groups is 1. The molecule has 1 unspecified atom stereocenters. The minimum absolute atomic E-state index is 0.300. The normalized spacial score (nSPS) is 13.5. The molecule has 0 saturated carbocycles. The van der Waals surface area contributed by atoms with E-state index in [9.17, 15) is 9.18 Å². The van der Waals surface area contributed by atoms with Crippen LogP contribution in [-0.4, -0.2) is 11.4 Å². The van der Waals surface area contributed by atoms with E-state index in [1.165, 1.54) is 12.1 Å². The van der Waals surface area contributed by atoms with E-state index in [4.69, 9.17) is 5.73 Å². The van der Waals surface area contributed by atoms with Crippen LogP contribution in [0.1, 0.15) is 18.1 Å². The minimum atomic E-state index is -0.939. The first kappa shape index (κ1) is 15.0. The van der Waals surface area contributed by atoms with Crippen molar-refractivity contribution in [1.82, 2.24) is 0 Å². The summed E-state index contributed by atoms with van der Waals surface area (Å²) in [5, 5.41) is 3.19. The average molecular weight is 286 g/mol. The highest BCUT2D eigenvalue weighted by Gasteiger charge is 2.31. The third-order valence-corrected chi connectivity index (χ3v) is 3.45. The molecule has 1 atom stereocenters. The van der Waals surface area contributed by atoms with Crippen LogP contribution in [0.5, 0.6) is 0 Å². The Labute approximate surface area is 124 Å². The molecular formula is C17H19FN2O. The zero-order valence-corrected chi connectivity index (χ0v) is 12.2. The molecule has 2 aromatic rings. The standard InChI is InChI=1S/C17H19FN2O/c1-12-4-3-5-15(10-12)20-17(2,16(19)21)11-13-6-8-14(18)9-7-13/h3-10,20H,11H2,1-2H3,(H2,19,21). The molecule has 110 valence electrons. The largest absolute Gasteiger partial charge is 0.371 e. The third kappa shape index (κ3) is 3.81. The lowest BCUT2D eigenvalue weighted by Gasteiger charge is -2.29. The van der Waals surface area contributed by atoms with Crippen LogP contribution in [0.3, 0.4) is 0 Å². The van der Waals surface area contributed by atoms with Gasteiger partial charge in [-0.1, -0.05) is 24.3 Å². The van der Waals surface area contributed by atoms with Gasteiger partial charge in [0, 0.05) is 12.1 Å². The van der Waals surface area contributed by atoms with Crippen molar-refractivity contribution in [2.75, 3.05) is 5.32 Å². The molecule has 0 bridgehead atoms. The molecule has 0 saturated heterocycles. The lowest BCUT2D eigenvalue weighted by Crippen LogP contribution is -2.49. The predicted octanol–water partition coefficient (Wildman–Crippen LogP) is 3.03. The molecule has 0 spiro atoms. The molecule has 21 heavy (non-hydrogen) atoms. The summed E-state index contributed by atoms with van der Waals surface area (Å²) in [5.74, 6) is -0.750. The molecule has 4 heteroatoms. The molecule has 3 nitrogen and oxygen atoms in total. The number of primary amides is 1. The van der Waals surface area contributed by atoms with Gasteiger partial charge in [-0.3, -0.25) is 4.79 Å². The Balaban J connectivity index is 2.23. The van der Waals surface area contributed by atoms with E-state index in [1.807, 2.05) is 31.2 Å². The van der Waals surface area contributed by atoms with Crippen LogP contribution in [0.2, 0.25) is 0 Å². The highest BCUT2D eigenvalue weighted by molar-refractivity contribution is 5.87. The Morgan fingerprint density at radius 1 is 1.24 bits per heavy atom. The average Bonchev–Trinajstić information content (AvgIpc) is 2.41. The summed E-state index contributed by atoms with van der Waals surface area (Å²) in [6.45, 7) is 3.73. The SMILES string of the molecule is Cc1cccc(NC(C)(Cc2ccc(F)cc2)C(N)=O)c1. The van der Waals surface area contributed by atoms with Crippen LogP contribution in [0.15, 0.2) is 48.5 Å². The van der Waals surface area contributed by atoms with Crippen molar-refractivity contribution < 1.29 is 9.18 Å². The van der Waals surface area contributed by atoms with Crippen LogP contribution >= 0.6 is 0 Å². The van der Waals surface area contributed by atoms with Gasteiger partial charge in [0.2, 0.25) is 5.91 Å². The van der Waals surface area contributed by atoms with Gasteiger partial charge in [-0.25, -0.2) is 4.39 Å². The summed E-state index contributed by atoms with van der Waals surface area (Å²) in [7, 11) is 0. The van der Waals surface area contributed by atoms with Crippen molar-refractivity contribution in [3.63, 3.8) is 0 Å². The number of amides is 1. The number of nitrogens with one attached hydrogen (secondary N) is 1. The maximum absolute atomic E-state index is 13.0. The molecule has 2 aromatic carbocycles. The number of halogens is 1. The van der Waals surface area contributed by atoms with Gasteiger partial charge in [-0.2, -0.15) is 0 Å². The predicted molar refractivity (Wildman–Crippen MR) is 82.5 cm³/mol. The van der Waals surface area contributed by atoms with Gasteiger partial charge in [0.15, 0.2) is 0 Å². The molecule has 0 fully saturated rings. The van der Waals surface area contributed by atoms with Gasteiger partial charge in [-0.05, 0) is 49.2 Å². The van der Waals surface area contributed by atoms with Crippen LogP contribution < -0.4 is 11.1 Å². The van der Waals surface area contributed by atoms with E-state index in [-0.39, 0.29) is 5.82 Å². The number of aryl methyl sites for hydroxylation is 1. The summed E-state index contributed by atoms with van der Waals surface area (Å²) in [6, 6.07) is 13.8. The van der Waals surface area contributed by atoms with Crippen molar-refractivity contribution in [3.8, 4) is 0 Å². The maximum Gasteiger partial charge on any atom is 0.243 e. The summed E-state index contributed by atoms with van der Waals surface area (Å²) >= 11 is 0. The Hall–Kier alpha value is -2.36. The minimum Gasteiger partial charge on any atom is -0.371 e. The summed E-state index contributed by atoms with van der Waals surface area (Å²) in [4.78, 5) is 11.9. The molecule has 2 rings (SSSR count). The van der Waals surface area contributed by atoms with Gasteiger partial charge in [0.25, 0.3) is 0 Å². The second-order valence-corrected chi connectivity index (χ2v) is 5.49. The third-order valence-electron chi connectivity index (χ3n) is 3.45. The highest BCUT2D eigenvalue weighted by atomic mass is 19.1. The highest BCUT2D eigenvalue weighted by Crippen LogP contribution is 2.21. The zero-order valence-electron chi connectivity index (χ0n) is 12.2. The Morgan fingerprint density at radius 3 is 2.48 bits per heavy atom. The molecule has 0 heterocycles. The second-order valence-electron chi connectivity index (χ2n) is 5.49. The number of carbonyl (C=O) groups excluding carboxylic acids is 1.